The van der Waals surface area contributed by atoms with Crippen LogP contribution < -0.4 is 15.5 Å². The number of rotatable bonds is 4. The number of hydrogen-bond donors (Lipinski definition) is 2. The highest BCUT2D eigenvalue weighted by molar-refractivity contribution is 6.10. The molecule has 3 aromatic rings. The molecule has 3 aromatic carbocycles. The molecular weight excluding hydrogens is 378 g/mol. The zero-order valence-corrected chi connectivity index (χ0v) is 16.9. The van der Waals surface area contributed by atoms with Crippen LogP contribution in [0.1, 0.15) is 19.4 Å². The van der Waals surface area contributed by atoms with Crippen molar-refractivity contribution in [2.45, 2.75) is 32.4 Å². The summed E-state index contributed by atoms with van der Waals surface area (Å²) < 4.78 is 0. The number of anilines is 2. The molecule has 0 fully saturated rings. The highest BCUT2D eigenvalue weighted by Crippen LogP contribution is 2.35. The zero-order valence-electron chi connectivity index (χ0n) is 16.9. The summed E-state index contributed by atoms with van der Waals surface area (Å²) in [4.78, 5) is 39.5. The van der Waals surface area contributed by atoms with Crippen molar-refractivity contribution in [1.29, 1.82) is 0 Å². The molecule has 0 saturated heterocycles. The minimum Gasteiger partial charge on any atom is -0.344 e. The van der Waals surface area contributed by atoms with Crippen LogP contribution in [0.5, 0.6) is 0 Å². The number of amides is 3. The van der Waals surface area contributed by atoms with Crippen molar-refractivity contribution in [1.82, 2.24) is 5.32 Å². The van der Waals surface area contributed by atoms with Gasteiger partial charge < -0.3 is 10.6 Å². The van der Waals surface area contributed by atoms with Crippen LogP contribution in [0.15, 0.2) is 66.7 Å². The van der Waals surface area contributed by atoms with Gasteiger partial charge in [-0.05, 0) is 41.5 Å². The number of benzene rings is 3. The van der Waals surface area contributed by atoms with Crippen LogP contribution in [0.2, 0.25) is 0 Å². The van der Waals surface area contributed by atoms with E-state index in [9.17, 15) is 14.4 Å². The lowest BCUT2D eigenvalue weighted by Gasteiger charge is -2.38. The van der Waals surface area contributed by atoms with Gasteiger partial charge in [-0.3, -0.25) is 19.3 Å². The number of para-hydroxylation sites is 1. The lowest BCUT2D eigenvalue weighted by molar-refractivity contribution is -0.128. The number of carbonyl (C=O) groups is 3. The Balaban J connectivity index is 1.75. The van der Waals surface area contributed by atoms with Crippen molar-refractivity contribution in [2.75, 3.05) is 10.2 Å². The maximum atomic E-state index is 13.3. The summed E-state index contributed by atoms with van der Waals surface area (Å²) in [5.41, 5.74) is 2.32. The van der Waals surface area contributed by atoms with Gasteiger partial charge in [-0.25, -0.2) is 0 Å². The number of fused-ring (bicyclic) bond motifs is 3. The summed E-state index contributed by atoms with van der Waals surface area (Å²) in [6.45, 7) is 3.09. The Labute approximate surface area is 174 Å². The standard InChI is InChI=1S/C24H23N3O3/c1-15(23(29)26-18-9-4-3-5-10-18)27-22-13-12-17-8-6-7-11-19(17)20(22)14-21(24(27)30)25-16(2)28/h3-13,15,21H,14H2,1-2H3,(H,25,28)(H,26,29)/t15-,21?/m0/s1. The van der Waals surface area contributed by atoms with E-state index in [0.717, 1.165) is 16.3 Å². The minimum atomic E-state index is -0.755. The average Bonchev–Trinajstić information content (AvgIpc) is 2.74. The molecule has 0 saturated carbocycles. The Hall–Kier alpha value is -3.67. The number of hydrogen-bond acceptors (Lipinski definition) is 3. The Morgan fingerprint density at radius 2 is 1.70 bits per heavy atom. The van der Waals surface area contributed by atoms with Crippen LogP contribution in [-0.4, -0.2) is 29.8 Å². The summed E-state index contributed by atoms with van der Waals surface area (Å²) in [6.07, 6.45) is 0.388. The molecule has 3 amide bonds. The third-order valence-electron chi connectivity index (χ3n) is 5.40. The zero-order chi connectivity index (χ0) is 21.3. The van der Waals surface area contributed by atoms with E-state index >= 15 is 0 Å². The lowest BCUT2D eigenvalue weighted by Crippen LogP contribution is -2.57. The highest BCUT2D eigenvalue weighted by Gasteiger charge is 2.38. The second-order valence-electron chi connectivity index (χ2n) is 7.48. The molecule has 4 rings (SSSR count). The first-order valence-electron chi connectivity index (χ1n) is 9.92. The molecule has 30 heavy (non-hydrogen) atoms. The predicted molar refractivity (Wildman–Crippen MR) is 117 cm³/mol. The summed E-state index contributed by atoms with van der Waals surface area (Å²) in [5.74, 6) is -0.862. The van der Waals surface area contributed by atoms with E-state index in [1.54, 1.807) is 19.1 Å². The van der Waals surface area contributed by atoms with Crippen LogP contribution in [0.4, 0.5) is 11.4 Å². The Bertz CT molecular complexity index is 1130. The fourth-order valence-corrected chi connectivity index (χ4v) is 3.99. The van der Waals surface area contributed by atoms with Gasteiger partial charge in [0.2, 0.25) is 11.8 Å². The van der Waals surface area contributed by atoms with Crippen molar-refractivity contribution in [2.24, 2.45) is 0 Å². The Morgan fingerprint density at radius 1 is 1.00 bits per heavy atom. The van der Waals surface area contributed by atoms with Crippen molar-refractivity contribution in [3.05, 3.63) is 72.3 Å². The minimum absolute atomic E-state index is 0.279. The largest absolute Gasteiger partial charge is 0.344 e. The van der Waals surface area contributed by atoms with Crippen LogP contribution in [-0.2, 0) is 20.8 Å². The molecule has 0 bridgehead atoms. The van der Waals surface area contributed by atoms with E-state index in [0.29, 0.717) is 17.8 Å². The fourth-order valence-electron chi connectivity index (χ4n) is 3.99. The predicted octanol–water partition coefficient (Wildman–Crippen LogP) is 3.26. The SMILES string of the molecule is CC(=O)NC1Cc2c(ccc3ccccc23)N([C@@H](C)C(=O)Nc2ccccc2)C1=O. The number of carbonyl (C=O) groups excluding carboxylic acids is 3. The topological polar surface area (TPSA) is 78.5 Å². The summed E-state index contributed by atoms with van der Waals surface area (Å²) in [7, 11) is 0. The molecule has 0 aliphatic carbocycles. The molecule has 152 valence electrons. The van der Waals surface area contributed by atoms with E-state index in [4.69, 9.17) is 0 Å². The van der Waals surface area contributed by atoms with Crippen LogP contribution >= 0.6 is 0 Å². The van der Waals surface area contributed by atoms with Gasteiger partial charge >= 0.3 is 0 Å². The molecule has 1 heterocycles. The molecule has 0 aromatic heterocycles. The molecule has 6 heteroatoms. The maximum Gasteiger partial charge on any atom is 0.250 e. The van der Waals surface area contributed by atoms with Crippen molar-refractivity contribution >= 4 is 39.9 Å². The van der Waals surface area contributed by atoms with Gasteiger partial charge in [0.05, 0.1) is 0 Å². The third-order valence-corrected chi connectivity index (χ3v) is 5.40. The number of nitrogens with one attached hydrogen (secondary N) is 2. The van der Waals surface area contributed by atoms with Crippen molar-refractivity contribution in [3.8, 4) is 0 Å². The van der Waals surface area contributed by atoms with Crippen LogP contribution in [0.25, 0.3) is 10.8 Å². The van der Waals surface area contributed by atoms with E-state index in [1.165, 1.54) is 11.8 Å². The first-order valence-corrected chi connectivity index (χ1v) is 9.92. The Kier molecular flexibility index (Phi) is 5.23. The van der Waals surface area contributed by atoms with Gasteiger partial charge in [0.1, 0.15) is 12.1 Å². The van der Waals surface area contributed by atoms with E-state index in [2.05, 4.69) is 10.6 Å². The quantitative estimate of drug-likeness (QED) is 0.704. The van der Waals surface area contributed by atoms with E-state index in [-0.39, 0.29) is 17.7 Å². The summed E-state index contributed by atoms with van der Waals surface area (Å²) in [5, 5.41) is 7.67. The average molecular weight is 401 g/mol. The van der Waals surface area contributed by atoms with Gasteiger partial charge in [-0.1, -0.05) is 48.5 Å². The molecule has 0 radical (unpaired) electrons. The molecule has 6 nitrogen and oxygen atoms in total. The smallest absolute Gasteiger partial charge is 0.250 e. The van der Waals surface area contributed by atoms with Crippen LogP contribution in [0, 0.1) is 0 Å². The third kappa shape index (κ3) is 3.64. The van der Waals surface area contributed by atoms with Gasteiger partial charge in [-0.15, -0.1) is 0 Å². The fraction of sp³-hybridized carbons (Fsp3) is 0.208. The van der Waals surface area contributed by atoms with E-state index in [1.807, 2.05) is 54.6 Å². The maximum absolute atomic E-state index is 13.3. The molecular formula is C24H23N3O3. The van der Waals surface area contributed by atoms with Gasteiger partial charge in [0, 0.05) is 24.7 Å². The first-order chi connectivity index (χ1) is 14.5. The van der Waals surface area contributed by atoms with E-state index < -0.39 is 12.1 Å². The highest BCUT2D eigenvalue weighted by atomic mass is 16.2. The lowest BCUT2D eigenvalue weighted by atomic mass is 9.91. The van der Waals surface area contributed by atoms with Gasteiger partial charge in [0.25, 0.3) is 5.91 Å². The van der Waals surface area contributed by atoms with Gasteiger partial charge in [0.15, 0.2) is 0 Å². The normalized spacial score (nSPS) is 16.7. The molecule has 1 aliphatic heterocycles. The first kappa shape index (κ1) is 19.6. The summed E-state index contributed by atoms with van der Waals surface area (Å²) >= 11 is 0. The van der Waals surface area contributed by atoms with Crippen LogP contribution in [0.3, 0.4) is 0 Å². The molecule has 1 aliphatic rings. The van der Waals surface area contributed by atoms with Crippen molar-refractivity contribution in [3.63, 3.8) is 0 Å². The molecule has 2 atom stereocenters. The second-order valence-corrected chi connectivity index (χ2v) is 7.48. The monoisotopic (exact) mass is 401 g/mol. The molecule has 1 unspecified atom stereocenters. The summed E-state index contributed by atoms with van der Waals surface area (Å²) in [6, 6.07) is 19.4. The Morgan fingerprint density at radius 3 is 2.43 bits per heavy atom. The van der Waals surface area contributed by atoms with Crippen molar-refractivity contribution < 1.29 is 14.4 Å². The number of nitrogens with zero attached hydrogens (tertiary/aromatic N) is 1. The second kappa shape index (κ2) is 7.99. The van der Waals surface area contributed by atoms with Gasteiger partial charge in [-0.2, -0.15) is 0 Å². The molecule has 0 spiro atoms. The molecule has 2 N–H and O–H groups in total.